The second kappa shape index (κ2) is 8.50. The van der Waals surface area contributed by atoms with Crippen LogP contribution in [0.2, 0.25) is 0 Å². The third-order valence-electron chi connectivity index (χ3n) is 2.47. The summed E-state index contributed by atoms with van der Waals surface area (Å²) in [5, 5.41) is 8.98. The Balaban J connectivity index is 2.28. The van der Waals surface area contributed by atoms with Crippen molar-refractivity contribution < 1.29 is 24.1 Å². The van der Waals surface area contributed by atoms with E-state index in [1.54, 1.807) is 25.3 Å². The van der Waals surface area contributed by atoms with E-state index in [1.165, 1.54) is 6.07 Å². The van der Waals surface area contributed by atoms with Crippen molar-refractivity contribution in [3.63, 3.8) is 0 Å². The Hall–Kier alpha value is -1.59. The Labute approximate surface area is 113 Å². The SMILES string of the molecule is COCC(C)OCCCOc1ccccc1C(=O)O. The molecular weight excluding hydrogens is 248 g/mol. The van der Waals surface area contributed by atoms with Crippen molar-refractivity contribution in [2.24, 2.45) is 0 Å². The molecule has 0 spiro atoms. The van der Waals surface area contributed by atoms with Crippen LogP contribution in [0.25, 0.3) is 0 Å². The van der Waals surface area contributed by atoms with Crippen molar-refractivity contribution in [2.45, 2.75) is 19.4 Å². The molecule has 1 atom stereocenters. The number of methoxy groups -OCH3 is 1. The van der Waals surface area contributed by atoms with E-state index in [4.69, 9.17) is 19.3 Å². The fourth-order valence-electron chi connectivity index (χ4n) is 1.58. The molecule has 1 rings (SSSR count). The molecule has 5 nitrogen and oxygen atoms in total. The average Bonchev–Trinajstić information content (AvgIpc) is 2.39. The highest BCUT2D eigenvalue weighted by atomic mass is 16.5. The zero-order valence-corrected chi connectivity index (χ0v) is 11.3. The smallest absolute Gasteiger partial charge is 0.339 e. The summed E-state index contributed by atoms with van der Waals surface area (Å²) in [6.45, 7) is 3.47. The fraction of sp³-hybridized carbons (Fsp3) is 0.500. The van der Waals surface area contributed by atoms with Gasteiger partial charge in [0.25, 0.3) is 0 Å². The first kappa shape index (κ1) is 15.5. The molecular formula is C14H20O5. The average molecular weight is 268 g/mol. The molecule has 1 aromatic carbocycles. The Morgan fingerprint density at radius 1 is 1.32 bits per heavy atom. The minimum absolute atomic E-state index is 0.0521. The zero-order chi connectivity index (χ0) is 14.1. The van der Waals surface area contributed by atoms with Crippen LogP contribution < -0.4 is 4.74 Å². The van der Waals surface area contributed by atoms with Crippen molar-refractivity contribution in [3.8, 4) is 5.75 Å². The van der Waals surface area contributed by atoms with E-state index in [2.05, 4.69) is 0 Å². The second-order valence-electron chi connectivity index (χ2n) is 4.14. The van der Waals surface area contributed by atoms with Crippen LogP contribution in [0.5, 0.6) is 5.75 Å². The quantitative estimate of drug-likeness (QED) is 0.695. The summed E-state index contributed by atoms with van der Waals surface area (Å²) in [6, 6.07) is 6.59. The van der Waals surface area contributed by atoms with Gasteiger partial charge in [0.05, 0.1) is 25.9 Å². The number of hydrogen-bond acceptors (Lipinski definition) is 4. The molecule has 0 bridgehead atoms. The maximum Gasteiger partial charge on any atom is 0.339 e. The van der Waals surface area contributed by atoms with Crippen molar-refractivity contribution in [3.05, 3.63) is 29.8 Å². The molecule has 0 aromatic heterocycles. The highest BCUT2D eigenvalue weighted by Crippen LogP contribution is 2.17. The number of hydrogen-bond donors (Lipinski definition) is 1. The first-order chi connectivity index (χ1) is 9.15. The number of rotatable bonds is 9. The van der Waals surface area contributed by atoms with E-state index in [1.807, 2.05) is 6.92 Å². The maximum atomic E-state index is 11.0. The van der Waals surface area contributed by atoms with Crippen LogP contribution in [0.3, 0.4) is 0 Å². The number of para-hydroxylation sites is 1. The van der Waals surface area contributed by atoms with Gasteiger partial charge in [0, 0.05) is 13.5 Å². The standard InChI is InChI=1S/C14H20O5/c1-11(10-17-2)18-8-5-9-19-13-7-4-3-6-12(13)14(15)16/h3-4,6-7,11H,5,8-10H2,1-2H3,(H,15,16). The summed E-state index contributed by atoms with van der Waals surface area (Å²) >= 11 is 0. The van der Waals surface area contributed by atoms with Crippen LogP contribution in [-0.4, -0.2) is 44.1 Å². The molecule has 106 valence electrons. The summed E-state index contributed by atoms with van der Waals surface area (Å²) in [4.78, 5) is 11.0. The van der Waals surface area contributed by atoms with Crippen molar-refractivity contribution >= 4 is 5.97 Å². The van der Waals surface area contributed by atoms with Crippen molar-refractivity contribution in [1.82, 2.24) is 0 Å². The van der Waals surface area contributed by atoms with Gasteiger partial charge in [0.1, 0.15) is 11.3 Å². The van der Waals surface area contributed by atoms with Crippen LogP contribution in [-0.2, 0) is 9.47 Å². The van der Waals surface area contributed by atoms with Gasteiger partial charge >= 0.3 is 5.97 Å². The molecule has 0 aliphatic carbocycles. The van der Waals surface area contributed by atoms with Gasteiger partial charge < -0.3 is 19.3 Å². The predicted octanol–water partition coefficient (Wildman–Crippen LogP) is 2.21. The number of aromatic carboxylic acids is 1. The molecule has 0 heterocycles. The summed E-state index contributed by atoms with van der Waals surface area (Å²) in [5.74, 6) is -0.597. The first-order valence-corrected chi connectivity index (χ1v) is 6.20. The monoisotopic (exact) mass is 268 g/mol. The first-order valence-electron chi connectivity index (χ1n) is 6.20. The van der Waals surface area contributed by atoms with E-state index >= 15 is 0 Å². The third-order valence-corrected chi connectivity index (χ3v) is 2.47. The van der Waals surface area contributed by atoms with Crippen LogP contribution in [0, 0.1) is 0 Å². The van der Waals surface area contributed by atoms with Gasteiger partial charge in [-0.2, -0.15) is 0 Å². The van der Waals surface area contributed by atoms with Crippen LogP contribution in [0.15, 0.2) is 24.3 Å². The normalized spacial score (nSPS) is 12.1. The van der Waals surface area contributed by atoms with E-state index in [0.717, 1.165) is 0 Å². The molecule has 0 aliphatic rings. The number of carboxylic acid groups (broad SMARTS) is 1. The van der Waals surface area contributed by atoms with Crippen molar-refractivity contribution in [2.75, 3.05) is 26.9 Å². The van der Waals surface area contributed by atoms with Gasteiger partial charge in [-0.05, 0) is 19.1 Å². The number of ether oxygens (including phenoxy) is 3. The zero-order valence-electron chi connectivity index (χ0n) is 11.3. The molecule has 1 aromatic rings. The highest BCUT2D eigenvalue weighted by Gasteiger charge is 2.09. The minimum Gasteiger partial charge on any atom is -0.493 e. The highest BCUT2D eigenvalue weighted by molar-refractivity contribution is 5.90. The lowest BCUT2D eigenvalue weighted by molar-refractivity contribution is 0.00506. The molecule has 1 unspecified atom stereocenters. The molecule has 1 N–H and O–H groups in total. The Morgan fingerprint density at radius 3 is 2.74 bits per heavy atom. The lowest BCUT2D eigenvalue weighted by Gasteiger charge is -2.12. The lowest BCUT2D eigenvalue weighted by Crippen LogP contribution is -2.16. The molecule has 0 radical (unpaired) electrons. The number of benzene rings is 1. The van der Waals surface area contributed by atoms with Crippen molar-refractivity contribution in [1.29, 1.82) is 0 Å². The molecule has 0 saturated heterocycles. The Kier molecular flexibility index (Phi) is 6.92. The molecule has 0 fully saturated rings. The Bertz CT molecular complexity index is 391. The van der Waals surface area contributed by atoms with Gasteiger partial charge in [-0.3, -0.25) is 0 Å². The topological polar surface area (TPSA) is 65.0 Å². The third kappa shape index (κ3) is 5.72. The molecule has 0 amide bonds. The maximum absolute atomic E-state index is 11.0. The molecule has 0 saturated carbocycles. The number of carbonyl (C=O) groups is 1. The van der Waals surface area contributed by atoms with Crippen LogP contribution in [0.4, 0.5) is 0 Å². The summed E-state index contributed by atoms with van der Waals surface area (Å²) in [7, 11) is 1.63. The predicted molar refractivity (Wildman–Crippen MR) is 70.8 cm³/mol. The van der Waals surface area contributed by atoms with Gasteiger partial charge in [0.2, 0.25) is 0 Å². The van der Waals surface area contributed by atoms with Crippen LogP contribution >= 0.6 is 0 Å². The Morgan fingerprint density at radius 2 is 2.05 bits per heavy atom. The van der Waals surface area contributed by atoms with Gasteiger partial charge in [-0.15, -0.1) is 0 Å². The van der Waals surface area contributed by atoms with Gasteiger partial charge in [0.15, 0.2) is 0 Å². The second-order valence-corrected chi connectivity index (χ2v) is 4.14. The fourth-order valence-corrected chi connectivity index (χ4v) is 1.58. The molecule has 5 heteroatoms. The minimum atomic E-state index is -0.986. The van der Waals surface area contributed by atoms with Gasteiger partial charge in [-0.1, -0.05) is 12.1 Å². The van der Waals surface area contributed by atoms with E-state index in [9.17, 15) is 4.79 Å². The largest absolute Gasteiger partial charge is 0.493 e. The lowest BCUT2D eigenvalue weighted by atomic mass is 10.2. The molecule has 19 heavy (non-hydrogen) atoms. The van der Waals surface area contributed by atoms with E-state index < -0.39 is 5.97 Å². The summed E-state index contributed by atoms with van der Waals surface area (Å²) in [5.41, 5.74) is 0.177. The summed E-state index contributed by atoms with van der Waals surface area (Å²) < 4.78 is 15.9. The van der Waals surface area contributed by atoms with Crippen LogP contribution in [0.1, 0.15) is 23.7 Å². The van der Waals surface area contributed by atoms with E-state index in [-0.39, 0.29) is 11.7 Å². The summed E-state index contributed by atoms with van der Waals surface area (Å²) in [6.07, 6.45) is 0.749. The molecule has 0 aliphatic heterocycles. The number of carboxylic acids is 1. The van der Waals surface area contributed by atoms with E-state index in [0.29, 0.717) is 32.0 Å². The van der Waals surface area contributed by atoms with Gasteiger partial charge in [-0.25, -0.2) is 4.79 Å².